The van der Waals surface area contributed by atoms with Crippen LogP contribution in [-0.2, 0) is 4.74 Å². The van der Waals surface area contributed by atoms with E-state index >= 15 is 0 Å². The Hall–Kier alpha value is -1.30. The van der Waals surface area contributed by atoms with Crippen LogP contribution in [0.25, 0.3) is 0 Å². The molecule has 3 N–H and O–H groups in total. The van der Waals surface area contributed by atoms with E-state index in [0.29, 0.717) is 29.4 Å². The summed E-state index contributed by atoms with van der Waals surface area (Å²) in [5, 5.41) is 9.48. The highest BCUT2D eigenvalue weighted by Gasteiger charge is 2.31. The average Bonchev–Trinajstić information content (AvgIpc) is 2.39. The number of halogens is 1. The first-order valence-corrected chi connectivity index (χ1v) is 6.49. The smallest absolute Gasteiger partial charge is 0.257 e. The molecule has 0 aliphatic carbocycles. The molecule has 1 heterocycles. The van der Waals surface area contributed by atoms with Gasteiger partial charge in [-0.15, -0.1) is 0 Å². The Bertz CT molecular complexity index is 461. The number of carbonyl (C=O) groups is 1. The molecule has 1 aromatic carbocycles. The zero-order valence-electron chi connectivity index (χ0n) is 10.7. The van der Waals surface area contributed by atoms with Crippen molar-refractivity contribution < 1.29 is 14.6 Å². The maximum absolute atomic E-state index is 12.5. The largest absolute Gasteiger partial charge is 0.398 e. The zero-order chi connectivity index (χ0) is 14.0. The first kappa shape index (κ1) is 14.1. The highest BCUT2D eigenvalue weighted by atomic mass is 35.5. The van der Waals surface area contributed by atoms with Gasteiger partial charge in [0.25, 0.3) is 5.91 Å². The van der Waals surface area contributed by atoms with Crippen molar-refractivity contribution >= 4 is 23.2 Å². The van der Waals surface area contributed by atoms with E-state index in [0.717, 1.165) is 0 Å². The topological polar surface area (TPSA) is 75.8 Å². The zero-order valence-corrected chi connectivity index (χ0v) is 11.4. The predicted octanol–water partition coefficient (Wildman–Crippen LogP) is 1.14. The number of rotatable bonds is 2. The maximum Gasteiger partial charge on any atom is 0.257 e. The summed E-state index contributed by atoms with van der Waals surface area (Å²) in [7, 11) is 0. The standard InChI is InChI=1S/C13H17ClN2O3/c1-8-7-19-9(6-17)5-16(8)13(18)12-10(14)3-2-4-11(12)15/h2-4,8-9,17H,5-7,15H2,1H3. The summed E-state index contributed by atoms with van der Waals surface area (Å²) in [4.78, 5) is 14.2. The number of carbonyl (C=O) groups excluding carboxylic acids is 1. The van der Waals surface area contributed by atoms with Crippen LogP contribution in [-0.4, -0.2) is 47.8 Å². The lowest BCUT2D eigenvalue weighted by atomic mass is 10.1. The minimum absolute atomic E-state index is 0.0778. The van der Waals surface area contributed by atoms with Crippen LogP contribution in [0.4, 0.5) is 5.69 Å². The highest BCUT2D eigenvalue weighted by Crippen LogP contribution is 2.25. The molecule has 2 unspecified atom stereocenters. The summed E-state index contributed by atoms with van der Waals surface area (Å²) in [6, 6.07) is 4.91. The molecule has 1 aliphatic heterocycles. The van der Waals surface area contributed by atoms with Gasteiger partial charge >= 0.3 is 0 Å². The molecule has 1 aromatic rings. The van der Waals surface area contributed by atoms with Gasteiger partial charge in [0.2, 0.25) is 0 Å². The van der Waals surface area contributed by atoms with E-state index in [-0.39, 0.29) is 24.7 Å². The number of hydrogen-bond acceptors (Lipinski definition) is 4. The van der Waals surface area contributed by atoms with Crippen LogP contribution in [0.1, 0.15) is 17.3 Å². The Kier molecular flexibility index (Phi) is 4.29. The number of morpholine rings is 1. The quantitative estimate of drug-likeness (QED) is 0.799. The molecule has 0 bridgehead atoms. The molecule has 104 valence electrons. The molecule has 1 aliphatic rings. The number of nitrogens with zero attached hydrogens (tertiary/aromatic N) is 1. The number of aliphatic hydroxyl groups is 1. The first-order valence-electron chi connectivity index (χ1n) is 6.12. The molecule has 2 rings (SSSR count). The summed E-state index contributed by atoms with van der Waals surface area (Å²) in [6.45, 7) is 2.50. The average molecular weight is 285 g/mol. The summed E-state index contributed by atoms with van der Waals surface area (Å²) in [5.41, 5.74) is 6.50. The molecular formula is C13H17ClN2O3. The molecule has 0 saturated carbocycles. The molecule has 0 radical (unpaired) electrons. The van der Waals surface area contributed by atoms with Crippen molar-refractivity contribution in [2.75, 3.05) is 25.5 Å². The minimum Gasteiger partial charge on any atom is -0.398 e. The second kappa shape index (κ2) is 5.77. The molecule has 1 amide bonds. The predicted molar refractivity (Wildman–Crippen MR) is 73.2 cm³/mol. The lowest BCUT2D eigenvalue weighted by molar-refractivity contribution is -0.0667. The third-order valence-corrected chi connectivity index (χ3v) is 3.54. The number of benzene rings is 1. The summed E-state index contributed by atoms with van der Waals surface area (Å²) >= 11 is 6.05. The molecule has 1 saturated heterocycles. The van der Waals surface area contributed by atoms with Crippen LogP contribution in [0.15, 0.2) is 18.2 Å². The van der Waals surface area contributed by atoms with Crippen molar-refractivity contribution in [3.05, 3.63) is 28.8 Å². The van der Waals surface area contributed by atoms with Crippen molar-refractivity contribution in [2.24, 2.45) is 0 Å². The Morgan fingerprint density at radius 2 is 2.37 bits per heavy atom. The molecule has 6 heteroatoms. The van der Waals surface area contributed by atoms with Gasteiger partial charge in [-0.3, -0.25) is 4.79 Å². The van der Waals surface area contributed by atoms with Crippen LogP contribution >= 0.6 is 11.6 Å². The van der Waals surface area contributed by atoms with Crippen molar-refractivity contribution in [2.45, 2.75) is 19.1 Å². The van der Waals surface area contributed by atoms with Gasteiger partial charge in [0, 0.05) is 12.2 Å². The van der Waals surface area contributed by atoms with E-state index in [2.05, 4.69) is 0 Å². The SMILES string of the molecule is CC1COC(CO)CN1C(=O)c1c(N)cccc1Cl. The Labute approximate surface area is 116 Å². The second-order valence-electron chi connectivity index (χ2n) is 4.65. The summed E-state index contributed by atoms with van der Waals surface area (Å²) in [5.74, 6) is -0.225. The van der Waals surface area contributed by atoms with Gasteiger partial charge in [0.05, 0.1) is 35.9 Å². The molecule has 0 aromatic heterocycles. The number of ether oxygens (including phenoxy) is 1. The third kappa shape index (κ3) is 2.83. The van der Waals surface area contributed by atoms with Gasteiger partial charge in [-0.25, -0.2) is 0 Å². The summed E-state index contributed by atoms with van der Waals surface area (Å²) < 4.78 is 5.41. The number of anilines is 1. The number of hydrogen-bond donors (Lipinski definition) is 2. The van der Waals surface area contributed by atoms with Crippen LogP contribution in [0.3, 0.4) is 0 Å². The monoisotopic (exact) mass is 284 g/mol. The molecule has 19 heavy (non-hydrogen) atoms. The highest BCUT2D eigenvalue weighted by molar-refractivity contribution is 6.34. The first-order chi connectivity index (χ1) is 9.04. The molecule has 0 spiro atoms. The van der Waals surface area contributed by atoms with E-state index < -0.39 is 0 Å². The fraction of sp³-hybridized carbons (Fsp3) is 0.462. The van der Waals surface area contributed by atoms with E-state index in [4.69, 9.17) is 27.2 Å². The molecular weight excluding hydrogens is 268 g/mol. The van der Waals surface area contributed by atoms with Crippen LogP contribution < -0.4 is 5.73 Å². The number of nitrogen functional groups attached to an aromatic ring is 1. The van der Waals surface area contributed by atoms with Gasteiger partial charge in [0.1, 0.15) is 0 Å². The van der Waals surface area contributed by atoms with Crippen molar-refractivity contribution in [1.82, 2.24) is 4.90 Å². The van der Waals surface area contributed by atoms with Crippen LogP contribution in [0.2, 0.25) is 5.02 Å². The fourth-order valence-corrected chi connectivity index (χ4v) is 2.38. The molecule has 5 nitrogen and oxygen atoms in total. The lowest BCUT2D eigenvalue weighted by Gasteiger charge is -2.37. The minimum atomic E-state index is -0.358. The Morgan fingerprint density at radius 1 is 1.63 bits per heavy atom. The second-order valence-corrected chi connectivity index (χ2v) is 5.06. The van der Waals surface area contributed by atoms with E-state index in [1.165, 1.54) is 0 Å². The van der Waals surface area contributed by atoms with Gasteiger partial charge < -0.3 is 20.5 Å². The Morgan fingerprint density at radius 3 is 3.00 bits per heavy atom. The number of nitrogens with two attached hydrogens (primary N) is 1. The molecule has 2 atom stereocenters. The normalized spacial score (nSPS) is 23.4. The van der Waals surface area contributed by atoms with Crippen LogP contribution in [0, 0.1) is 0 Å². The Balaban J connectivity index is 2.27. The van der Waals surface area contributed by atoms with Gasteiger partial charge in [0.15, 0.2) is 0 Å². The van der Waals surface area contributed by atoms with E-state index in [1.807, 2.05) is 6.92 Å². The fourth-order valence-electron chi connectivity index (χ4n) is 2.12. The van der Waals surface area contributed by atoms with Crippen molar-refractivity contribution in [1.29, 1.82) is 0 Å². The lowest BCUT2D eigenvalue weighted by Crippen LogP contribution is -2.52. The number of aliphatic hydroxyl groups excluding tert-OH is 1. The van der Waals surface area contributed by atoms with E-state index in [9.17, 15) is 4.79 Å². The van der Waals surface area contributed by atoms with Gasteiger partial charge in [-0.1, -0.05) is 17.7 Å². The third-order valence-electron chi connectivity index (χ3n) is 3.23. The van der Waals surface area contributed by atoms with E-state index in [1.54, 1.807) is 23.1 Å². The molecule has 1 fully saturated rings. The summed E-state index contributed by atoms with van der Waals surface area (Å²) in [6.07, 6.45) is -0.358. The maximum atomic E-state index is 12.5. The van der Waals surface area contributed by atoms with Gasteiger partial charge in [-0.2, -0.15) is 0 Å². The van der Waals surface area contributed by atoms with Crippen molar-refractivity contribution in [3.8, 4) is 0 Å². The van der Waals surface area contributed by atoms with Crippen molar-refractivity contribution in [3.63, 3.8) is 0 Å². The number of amides is 1. The van der Waals surface area contributed by atoms with Gasteiger partial charge in [-0.05, 0) is 19.1 Å². The van der Waals surface area contributed by atoms with Crippen LogP contribution in [0.5, 0.6) is 0 Å².